The molecule has 0 atom stereocenters. The van der Waals surface area contributed by atoms with E-state index in [2.05, 4.69) is 25.9 Å². The Morgan fingerprint density at radius 3 is 2.77 bits per heavy atom. The molecule has 22 heavy (non-hydrogen) atoms. The lowest BCUT2D eigenvalue weighted by Crippen LogP contribution is -2.09. The third kappa shape index (κ3) is 2.71. The van der Waals surface area contributed by atoms with Crippen molar-refractivity contribution in [1.29, 1.82) is 0 Å². The number of benzene rings is 1. The van der Waals surface area contributed by atoms with Gasteiger partial charge in [0, 0.05) is 16.8 Å². The molecular formula is C15H11BrClN3O2. The van der Waals surface area contributed by atoms with Gasteiger partial charge in [0.05, 0.1) is 12.8 Å². The summed E-state index contributed by atoms with van der Waals surface area (Å²) in [6, 6.07) is 7.14. The minimum atomic E-state index is -0.432. The van der Waals surface area contributed by atoms with Crippen LogP contribution in [0.2, 0.25) is 5.02 Å². The van der Waals surface area contributed by atoms with E-state index in [0.29, 0.717) is 33.3 Å². The minimum absolute atomic E-state index is 0.290. The normalized spacial score (nSPS) is 10.9. The van der Waals surface area contributed by atoms with Gasteiger partial charge in [-0.25, -0.2) is 14.8 Å². The molecule has 0 aliphatic heterocycles. The van der Waals surface area contributed by atoms with E-state index < -0.39 is 5.97 Å². The van der Waals surface area contributed by atoms with Gasteiger partial charge in [0.25, 0.3) is 0 Å². The van der Waals surface area contributed by atoms with Crippen LogP contribution in [0.3, 0.4) is 0 Å². The highest BCUT2D eigenvalue weighted by Crippen LogP contribution is 2.27. The molecule has 0 spiro atoms. The summed E-state index contributed by atoms with van der Waals surface area (Å²) < 4.78 is 7.43. The largest absolute Gasteiger partial charge is 0.461 e. The molecule has 0 bridgehead atoms. The van der Waals surface area contributed by atoms with Gasteiger partial charge in [-0.2, -0.15) is 0 Å². The molecule has 112 valence electrons. The second-order valence-electron chi connectivity index (χ2n) is 4.47. The van der Waals surface area contributed by atoms with Crippen LogP contribution in [0.5, 0.6) is 0 Å². The fraction of sp³-hybridized carbons (Fsp3) is 0.133. The maximum absolute atomic E-state index is 12.3. The van der Waals surface area contributed by atoms with Gasteiger partial charge >= 0.3 is 5.97 Å². The zero-order valence-corrected chi connectivity index (χ0v) is 13.9. The van der Waals surface area contributed by atoms with Crippen LogP contribution in [0, 0.1) is 0 Å². The summed E-state index contributed by atoms with van der Waals surface area (Å²) in [5, 5.41) is 0.620. The van der Waals surface area contributed by atoms with Crippen molar-refractivity contribution in [2.24, 2.45) is 0 Å². The molecule has 0 N–H and O–H groups in total. The zero-order valence-electron chi connectivity index (χ0n) is 11.6. The van der Waals surface area contributed by atoms with E-state index in [1.54, 1.807) is 35.9 Å². The Balaban J connectivity index is 2.26. The summed E-state index contributed by atoms with van der Waals surface area (Å²) in [5.41, 5.74) is 2.25. The number of rotatable bonds is 3. The third-order valence-corrected chi connectivity index (χ3v) is 3.73. The number of carbonyl (C=O) groups is 1. The van der Waals surface area contributed by atoms with Crippen molar-refractivity contribution < 1.29 is 9.53 Å². The number of hydrogen-bond acceptors (Lipinski definition) is 4. The molecule has 0 aliphatic rings. The molecule has 0 aliphatic carbocycles. The van der Waals surface area contributed by atoms with Gasteiger partial charge < -0.3 is 4.74 Å². The topological polar surface area (TPSA) is 56.5 Å². The first-order chi connectivity index (χ1) is 10.6. The molecule has 2 heterocycles. The van der Waals surface area contributed by atoms with Crippen molar-refractivity contribution in [2.75, 3.05) is 6.61 Å². The Morgan fingerprint density at radius 2 is 2.09 bits per heavy atom. The van der Waals surface area contributed by atoms with E-state index in [0.717, 1.165) is 5.56 Å². The van der Waals surface area contributed by atoms with E-state index in [1.807, 2.05) is 12.1 Å². The fourth-order valence-electron chi connectivity index (χ4n) is 2.13. The van der Waals surface area contributed by atoms with Crippen LogP contribution in [-0.2, 0) is 4.74 Å². The summed E-state index contributed by atoms with van der Waals surface area (Å²) in [6.45, 7) is 2.05. The lowest BCUT2D eigenvalue weighted by atomic mass is 10.1. The number of carbonyl (C=O) groups excluding carboxylic acids is 1. The number of fused-ring (bicyclic) bond motifs is 1. The van der Waals surface area contributed by atoms with Gasteiger partial charge in [-0.05, 0) is 35.0 Å². The minimum Gasteiger partial charge on any atom is -0.461 e. The van der Waals surface area contributed by atoms with Crippen LogP contribution in [0.4, 0.5) is 0 Å². The Kier molecular flexibility index (Phi) is 4.13. The van der Waals surface area contributed by atoms with Crippen LogP contribution in [0.25, 0.3) is 16.9 Å². The smallest absolute Gasteiger partial charge is 0.357 e. The van der Waals surface area contributed by atoms with Crippen LogP contribution < -0.4 is 0 Å². The Bertz CT molecular complexity index is 846. The predicted molar refractivity (Wildman–Crippen MR) is 87.1 cm³/mol. The summed E-state index contributed by atoms with van der Waals surface area (Å²) in [7, 11) is 0. The van der Waals surface area contributed by atoms with Crippen molar-refractivity contribution in [2.45, 2.75) is 6.92 Å². The Morgan fingerprint density at radius 1 is 1.36 bits per heavy atom. The maximum atomic E-state index is 12.3. The molecule has 0 radical (unpaired) electrons. The van der Waals surface area contributed by atoms with Crippen molar-refractivity contribution >= 4 is 39.1 Å². The average molecular weight is 381 g/mol. The predicted octanol–water partition coefficient (Wildman–Crippen LogP) is 3.99. The van der Waals surface area contributed by atoms with Gasteiger partial charge in [-0.15, -0.1) is 0 Å². The number of imidazole rings is 1. The van der Waals surface area contributed by atoms with Crippen molar-refractivity contribution in [3.05, 3.63) is 52.0 Å². The van der Waals surface area contributed by atoms with Gasteiger partial charge in [0.15, 0.2) is 11.3 Å². The van der Waals surface area contributed by atoms with Crippen LogP contribution >= 0.6 is 27.5 Å². The van der Waals surface area contributed by atoms with Crippen LogP contribution in [-0.4, -0.2) is 26.9 Å². The molecule has 3 aromatic rings. The Labute approximate surface area is 140 Å². The standard InChI is InChI=1S/C15H11BrClN3O2/c1-2-22-15(21)14-13(9-3-5-10(17)6-4-9)19-12-7-18-11(16)8-20(12)14/h3-8H,2H2,1H3. The van der Waals surface area contributed by atoms with Gasteiger partial charge in [-0.3, -0.25) is 4.40 Å². The molecule has 0 saturated carbocycles. The van der Waals surface area contributed by atoms with E-state index in [4.69, 9.17) is 16.3 Å². The summed E-state index contributed by atoms with van der Waals surface area (Å²) in [6.07, 6.45) is 3.28. The molecule has 0 fully saturated rings. The monoisotopic (exact) mass is 379 g/mol. The molecule has 0 amide bonds. The van der Waals surface area contributed by atoms with Gasteiger partial charge in [0.2, 0.25) is 0 Å². The van der Waals surface area contributed by atoms with Gasteiger partial charge in [0.1, 0.15) is 10.3 Å². The van der Waals surface area contributed by atoms with Crippen LogP contribution in [0.1, 0.15) is 17.4 Å². The van der Waals surface area contributed by atoms with E-state index in [-0.39, 0.29) is 0 Å². The summed E-state index contributed by atoms with van der Waals surface area (Å²) in [4.78, 5) is 21.0. The second kappa shape index (κ2) is 6.06. The zero-order chi connectivity index (χ0) is 15.7. The number of nitrogens with zero attached hydrogens (tertiary/aromatic N) is 3. The number of ether oxygens (including phenoxy) is 1. The highest BCUT2D eigenvalue weighted by molar-refractivity contribution is 9.10. The molecule has 7 heteroatoms. The van der Waals surface area contributed by atoms with Crippen molar-refractivity contribution in [1.82, 2.24) is 14.4 Å². The van der Waals surface area contributed by atoms with Crippen molar-refractivity contribution in [3.8, 4) is 11.3 Å². The third-order valence-electron chi connectivity index (χ3n) is 3.06. The maximum Gasteiger partial charge on any atom is 0.357 e. The van der Waals surface area contributed by atoms with Crippen LogP contribution in [0.15, 0.2) is 41.3 Å². The van der Waals surface area contributed by atoms with Crippen molar-refractivity contribution in [3.63, 3.8) is 0 Å². The Hall–Kier alpha value is -1.92. The number of hydrogen-bond donors (Lipinski definition) is 0. The first-order valence-electron chi connectivity index (χ1n) is 6.57. The lowest BCUT2D eigenvalue weighted by Gasteiger charge is -2.05. The van der Waals surface area contributed by atoms with E-state index in [1.165, 1.54) is 0 Å². The van der Waals surface area contributed by atoms with E-state index in [9.17, 15) is 4.79 Å². The number of halogens is 2. The molecule has 0 saturated heterocycles. The van der Waals surface area contributed by atoms with Gasteiger partial charge in [-0.1, -0.05) is 23.7 Å². The average Bonchev–Trinajstić information content (AvgIpc) is 2.86. The lowest BCUT2D eigenvalue weighted by molar-refractivity contribution is 0.0519. The quantitative estimate of drug-likeness (QED) is 0.645. The fourth-order valence-corrected chi connectivity index (χ4v) is 2.57. The molecule has 0 unspecified atom stereocenters. The molecule has 3 rings (SSSR count). The van der Waals surface area contributed by atoms with E-state index >= 15 is 0 Å². The first kappa shape index (κ1) is 15.0. The number of esters is 1. The molecule has 2 aromatic heterocycles. The summed E-state index contributed by atoms with van der Waals surface area (Å²) >= 11 is 9.22. The SMILES string of the molecule is CCOC(=O)c1c(-c2ccc(Cl)cc2)nc2cnc(Br)cn12. The highest BCUT2D eigenvalue weighted by Gasteiger charge is 2.22. The highest BCUT2D eigenvalue weighted by atomic mass is 79.9. The summed E-state index contributed by atoms with van der Waals surface area (Å²) in [5.74, 6) is -0.432. The molecule has 1 aromatic carbocycles. The first-order valence-corrected chi connectivity index (χ1v) is 7.74. The second-order valence-corrected chi connectivity index (χ2v) is 5.72. The number of aromatic nitrogens is 3. The molecular weight excluding hydrogens is 370 g/mol. The molecule has 5 nitrogen and oxygen atoms in total.